The van der Waals surface area contributed by atoms with Crippen molar-refractivity contribution in [2.75, 3.05) is 0 Å². The van der Waals surface area contributed by atoms with Crippen LogP contribution in [0.4, 0.5) is 0 Å². The summed E-state index contributed by atoms with van der Waals surface area (Å²) in [6.45, 7) is 0. The summed E-state index contributed by atoms with van der Waals surface area (Å²) < 4.78 is 0. The zero-order valence-corrected chi connectivity index (χ0v) is 6.05. The van der Waals surface area contributed by atoms with Gasteiger partial charge in [0.1, 0.15) is 5.78 Å². The molecule has 10 heavy (non-hydrogen) atoms. The van der Waals surface area contributed by atoms with Gasteiger partial charge in [0, 0.05) is 17.9 Å². The van der Waals surface area contributed by atoms with E-state index in [2.05, 4.69) is 0 Å². The molecule has 2 atom stereocenters. The van der Waals surface area contributed by atoms with Crippen LogP contribution in [0.3, 0.4) is 0 Å². The average Bonchev–Trinajstić information content (AvgIpc) is 2.20. The van der Waals surface area contributed by atoms with Gasteiger partial charge in [0.25, 0.3) is 0 Å². The minimum atomic E-state index is 0.315. The van der Waals surface area contributed by atoms with Crippen LogP contribution in [0, 0.1) is 11.8 Å². The van der Waals surface area contributed by atoms with Gasteiger partial charge in [-0.15, -0.1) is 0 Å². The highest BCUT2D eigenvalue weighted by molar-refractivity contribution is 5.86. The number of carbonyl (C=O) groups is 1. The summed E-state index contributed by atoms with van der Waals surface area (Å²) in [5.41, 5.74) is 5.77. The van der Waals surface area contributed by atoms with Crippen LogP contribution in [0.15, 0.2) is 0 Å². The molecule has 0 saturated heterocycles. The van der Waals surface area contributed by atoms with Gasteiger partial charge in [-0.05, 0) is 25.7 Å². The van der Waals surface area contributed by atoms with Crippen LogP contribution in [0.2, 0.25) is 0 Å². The summed E-state index contributed by atoms with van der Waals surface area (Å²) in [5.74, 6) is 1.18. The number of hydrogen-bond donors (Lipinski definition) is 1. The van der Waals surface area contributed by atoms with Gasteiger partial charge in [0.05, 0.1) is 0 Å². The van der Waals surface area contributed by atoms with Crippen molar-refractivity contribution in [1.82, 2.24) is 0 Å². The molecule has 0 radical (unpaired) electrons. The SMILES string of the molecule is NC1C[C@@H]2CC[C@@H](C1)C2=O. The summed E-state index contributed by atoms with van der Waals surface area (Å²) in [5, 5.41) is 0. The van der Waals surface area contributed by atoms with Crippen LogP contribution >= 0.6 is 0 Å². The second-order valence-corrected chi connectivity index (χ2v) is 3.61. The molecule has 56 valence electrons. The topological polar surface area (TPSA) is 43.1 Å². The van der Waals surface area contributed by atoms with E-state index in [4.69, 9.17) is 5.73 Å². The zero-order valence-electron chi connectivity index (χ0n) is 6.05. The highest BCUT2D eigenvalue weighted by Crippen LogP contribution is 2.38. The third-order valence-corrected chi connectivity index (χ3v) is 2.84. The first-order chi connectivity index (χ1) is 4.77. The van der Waals surface area contributed by atoms with Gasteiger partial charge in [-0.3, -0.25) is 4.79 Å². The Hall–Kier alpha value is -0.370. The first kappa shape index (κ1) is 6.35. The summed E-state index contributed by atoms with van der Waals surface area (Å²) in [6, 6.07) is 0.315. The van der Waals surface area contributed by atoms with Gasteiger partial charge < -0.3 is 5.73 Å². The molecule has 0 aromatic carbocycles. The van der Waals surface area contributed by atoms with Gasteiger partial charge in [-0.2, -0.15) is 0 Å². The molecule has 2 saturated carbocycles. The Kier molecular flexibility index (Phi) is 1.31. The number of carbonyl (C=O) groups excluding carboxylic acids is 1. The smallest absolute Gasteiger partial charge is 0.139 e. The number of nitrogens with two attached hydrogens (primary N) is 1. The monoisotopic (exact) mass is 139 g/mol. The number of fused-ring (bicyclic) bond motifs is 2. The van der Waals surface area contributed by atoms with Crippen LogP contribution < -0.4 is 5.73 Å². The molecule has 2 aliphatic carbocycles. The minimum absolute atomic E-state index is 0.315. The van der Waals surface area contributed by atoms with Crippen molar-refractivity contribution in [2.24, 2.45) is 17.6 Å². The number of Topliss-reactive ketones (excluding diaryl/α,β-unsaturated/α-hetero) is 1. The fourth-order valence-corrected chi connectivity index (χ4v) is 2.32. The second kappa shape index (κ2) is 2.06. The van der Waals surface area contributed by atoms with E-state index >= 15 is 0 Å². The first-order valence-electron chi connectivity index (χ1n) is 4.06. The van der Waals surface area contributed by atoms with Crippen LogP contribution in [-0.2, 0) is 4.79 Å². The lowest BCUT2D eigenvalue weighted by atomic mass is 9.85. The van der Waals surface area contributed by atoms with Crippen molar-refractivity contribution >= 4 is 5.78 Å². The predicted molar refractivity (Wildman–Crippen MR) is 38.4 cm³/mol. The molecule has 2 heteroatoms. The molecule has 2 nitrogen and oxygen atoms in total. The third kappa shape index (κ3) is 0.788. The maximum Gasteiger partial charge on any atom is 0.139 e. The molecule has 2 bridgehead atoms. The maximum atomic E-state index is 11.3. The average molecular weight is 139 g/mol. The van der Waals surface area contributed by atoms with Crippen LogP contribution in [0.5, 0.6) is 0 Å². The minimum Gasteiger partial charge on any atom is -0.328 e. The van der Waals surface area contributed by atoms with Crippen LogP contribution in [0.1, 0.15) is 25.7 Å². The Morgan fingerprint density at radius 2 is 1.70 bits per heavy atom. The van der Waals surface area contributed by atoms with Crippen molar-refractivity contribution in [2.45, 2.75) is 31.7 Å². The number of rotatable bonds is 0. The van der Waals surface area contributed by atoms with E-state index in [1.165, 1.54) is 0 Å². The Morgan fingerprint density at radius 3 is 2.20 bits per heavy atom. The standard InChI is InChI=1S/C8H13NO/c9-7-3-5-1-2-6(4-7)8(5)10/h5-7H,1-4,9H2/t5-,6-/m0/s1. The molecule has 2 rings (SSSR count). The van der Waals surface area contributed by atoms with Crippen molar-refractivity contribution in [3.05, 3.63) is 0 Å². The largest absolute Gasteiger partial charge is 0.328 e. The van der Waals surface area contributed by atoms with Crippen molar-refractivity contribution in [3.63, 3.8) is 0 Å². The molecule has 0 aliphatic heterocycles. The highest BCUT2D eigenvalue weighted by atomic mass is 16.1. The molecule has 0 spiro atoms. The molecule has 0 unspecified atom stereocenters. The van der Waals surface area contributed by atoms with Crippen molar-refractivity contribution < 1.29 is 4.79 Å². The van der Waals surface area contributed by atoms with E-state index in [0.29, 0.717) is 23.7 Å². The van der Waals surface area contributed by atoms with E-state index in [0.717, 1.165) is 25.7 Å². The van der Waals surface area contributed by atoms with E-state index in [1.807, 2.05) is 0 Å². The molecular formula is C8H13NO. The molecule has 0 amide bonds. The van der Waals surface area contributed by atoms with E-state index in [1.54, 1.807) is 0 Å². The molecule has 0 aromatic heterocycles. The van der Waals surface area contributed by atoms with Crippen molar-refractivity contribution in [1.29, 1.82) is 0 Å². The quantitative estimate of drug-likeness (QED) is 0.537. The molecule has 2 fully saturated rings. The summed E-state index contributed by atoms with van der Waals surface area (Å²) >= 11 is 0. The van der Waals surface area contributed by atoms with Gasteiger partial charge in [0.2, 0.25) is 0 Å². The van der Waals surface area contributed by atoms with Gasteiger partial charge in [-0.1, -0.05) is 0 Å². The van der Waals surface area contributed by atoms with E-state index < -0.39 is 0 Å². The molecule has 2 aliphatic rings. The third-order valence-electron chi connectivity index (χ3n) is 2.84. The van der Waals surface area contributed by atoms with E-state index in [-0.39, 0.29) is 0 Å². The maximum absolute atomic E-state index is 11.3. The fraction of sp³-hybridized carbons (Fsp3) is 0.875. The first-order valence-corrected chi connectivity index (χ1v) is 4.06. The Morgan fingerprint density at radius 1 is 1.20 bits per heavy atom. The second-order valence-electron chi connectivity index (χ2n) is 3.61. The lowest BCUT2D eigenvalue weighted by molar-refractivity contribution is -0.126. The van der Waals surface area contributed by atoms with E-state index in [9.17, 15) is 4.79 Å². The lowest BCUT2D eigenvalue weighted by Crippen LogP contribution is -2.34. The fourth-order valence-electron chi connectivity index (χ4n) is 2.32. The Bertz CT molecular complexity index is 151. The Labute approximate surface area is 60.8 Å². The summed E-state index contributed by atoms with van der Waals surface area (Å²) in [6.07, 6.45) is 4.12. The predicted octanol–water partition coefficient (Wildman–Crippen LogP) is 0.703. The lowest BCUT2D eigenvalue weighted by Gasteiger charge is -2.22. The van der Waals surface area contributed by atoms with Crippen LogP contribution in [0.25, 0.3) is 0 Å². The molecule has 0 heterocycles. The van der Waals surface area contributed by atoms with Gasteiger partial charge in [-0.25, -0.2) is 0 Å². The highest BCUT2D eigenvalue weighted by Gasteiger charge is 2.39. The van der Waals surface area contributed by atoms with Gasteiger partial charge >= 0.3 is 0 Å². The molecular weight excluding hydrogens is 126 g/mol. The normalized spacial score (nSPS) is 46.1. The summed E-state index contributed by atoms with van der Waals surface area (Å²) in [4.78, 5) is 11.3. The molecule has 2 N–H and O–H groups in total. The van der Waals surface area contributed by atoms with Gasteiger partial charge in [0.15, 0.2) is 0 Å². The zero-order chi connectivity index (χ0) is 7.14. The van der Waals surface area contributed by atoms with Crippen LogP contribution in [-0.4, -0.2) is 11.8 Å². The molecule has 0 aromatic rings. The summed E-state index contributed by atoms with van der Waals surface area (Å²) in [7, 11) is 0. The number of hydrogen-bond acceptors (Lipinski definition) is 2. The number of ketones is 1. The van der Waals surface area contributed by atoms with Crippen molar-refractivity contribution in [3.8, 4) is 0 Å². The Balaban J connectivity index is 2.16.